The Balaban J connectivity index is 2.26. The Hall–Kier alpha value is -3.05. The molecule has 0 atom stereocenters. The molecule has 29 heavy (non-hydrogen) atoms. The summed E-state index contributed by atoms with van der Waals surface area (Å²) in [5.41, 5.74) is 0.164. The van der Waals surface area contributed by atoms with Crippen molar-refractivity contribution in [1.82, 2.24) is 0 Å². The average Bonchev–Trinajstić information content (AvgIpc) is 2.72. The van der Waals surface area contributed by atoms with Crippen molar-refractivity contribution in [3.8, 4) is 11.5 Å². The van der Waals surface area contributed by atoms with E-state index in [1.807, 2.05) is 36.4 Å². The molecular weight excluding hydrogens is 380 g/mol. The number of carboxylic acid groups (broad SMARTS) is 1. The van der Waals surface area contributed by atoms with Crippen molar-refractivity contribution in [2.24, 2.45) is 0 Å². The van der Waals surface area contributed by atoms with Crippen LogP contribution in [-0.4, -0.2) is 26.5 Å². The Morgan fingerprint density at radius 3 is 1.76 bits per heavy atom. The van der Waals surface area contributed by atoms with Gasteiger partial charge in [-0.1, -0.05) is 81.4 Å². The third-order valence-electron chi connectivity index (χ3n) is 5.09. The molecule has 4 nitrogen and oxygen atoms in total. The molecule has 0 aliphatic carbocycles. The average molecular weight is 407 g/mol. The lowest BCUT2D eigenvalue weighted by molar-refractivity contribution is 0.0696. The van der Waals surface area contributed by atoms with Gasteiger partial charge < -0.3 is 14.3 Å². The smallest absolute Gasteiger partial charge is 0.335 e. The fourth-order valence-corrected chi connectivity index (χ4v) is 8.13. The molecule has 150 valence electrons. The van der Waals surface area contributed by atoms with E-state index in [2.05, 4.69) is 45.0 Å². The van der Waals surface area contributed by atoms with Crippen LogP contribution in [0, 0.1) is 0 Å². The monoisotopic (exact) mass is 406 g/mol. The van der Waals surface area contributed by atoms with Crippen LogP contribution in [0.1, 0.15) is 31.1 Å². The molecule has 0 saturated heterocycles. The number of aromatic carboxylic acids is 1. The van der Waals surface area contributed by atoms with Crippen LogP contribution in [0.3, 0.4) is 0 Å². The van der Waals surface area contributed by atoms with E-state index in [4.69, 9.17) is 9.16 Å². The second-order valence-corrected chi connectivity index (χ2v) is 12.2. The number of carbonyl (C=O) groups is 1. The number of rotatable bonds is 6. The largest absolute Gasteiger partial charge is 0.531 e. The lowest BCUT2D eigenvalue weighted by atomic mass is 10.2. The van der Waals surface area contributed by atoms with Crippen molar-refractivity contribution in [2.75, 3.05) is 7.11 Å². The van der Waals surface area contributed by atoms with Crippen LogP contribution < -0.4 is 19.5 Å². The SMILES string of the molecule is COc1cc(C(=O)O)ccc1O[Si](c1ccccc1)(c1ccccc1)C(C)(C)C. The number of benzene rings is 3. The predicted octanol–water partition coefficient (Wildman–Crippen LogP) is 4.33. The van der Waals surface area contributed by atoms with Crippen molar-refractivity contribution in [2.45, 2.75) is 25.8 Å². The van der Waals surface area contributed by atoms with Gasteiger partial charge in [0.15, 0.2) is 5.75 Å². The maximum atomic E-state index is 11.4. The summed E-state index contributed by atoms with van der Waals surface area (Å²) >= 11 is 0. The zero-order valence-corrected chi connectivity index (χ0v) is 18.2. The molecule has 0 amide bonds. The molecule has 3 aromatic carbocycles. The molecule has 0 fully saturated rings. The third kappa shape index (κ3) is 3.91. The fraction of sp³-hybridized carbons (Fsp3) is 0.208. The molecule has 0 bridgehead atoms. The zero-order chi connectivity index (χ0) is 21.1. The van der Waals surface area contributed by atoms with E-state index in [1.165, 1.54) is 13.2 Å². The van der Waals surface area contributed by atoms with Crippen molar-refractivity contribution in [3.05, 3.63) is 84.4 Å². The van der Waals surface area contributed by atoms with Crippen molar-refractivity contribution >= 4 is 24.7 Å². The van der Waals surface area contributed by atoms with Crippen LogP contribution in [0.4, 0.5) is 0 Å². The van der Waals surface area contributed by atoms with Gasteiger partial charge >= 0.3 is 14.3 Å². The van der Waals surface area contributed by atoms with Crippen LogP contribution >= 0.6 is 0 Å². The number of ether oxygens (including phenoxy) is 1. The number of hydrogen-bond donors (Lipinski definition) is 1. The Kier molecular flexibility index (Phi) is 5.80. The van der Waals surface area contributed by atoms with Gasteiger partial charge in [0, 0.05) is 0 Å². The molecule has 0 saturated carbocycles. The van der Waals surface area contributed by atoms with Crippen LogP contribution in [-0.2, 0) is 0 Å². The van der Waals surface area contributed by atoms with Gasteiger partial charge in [-0.2, -0.15) is 0 Å². The van der Waals surface area contributed by atoms with E-state index in [0.717, 1.165) is 10.4 Å². The van der Waals surface area contributed by atoms with Crippen molar-refractivity contribution in [1.29, 1.82) is 0 Å². The van der Waals surface area contributed by atoms with Crippen LogP contribution in [0.15, 0.2) is 78.9 Å². The van der Waals surface area contributed by atoms with E-state index in [1.54, 1.807) is 12.1 Å². The summed E-state index contributed by atoms with van der Waals surface area (Å²) in [5, 5.41) is 11.4. The predicted molar refractivity (Wildman–Crippen MR) is 118 cm³/mol. The first-order valence-electron chi connectivity index (χ1n) is 9.51. The normalized spacial score (nSPS) is 11.7. The summed E-state index contributed by atoms with van der Waals surface area (Å²) in [6, 6.07) is 25.3. The van der Waals surface area contributed by atoms with Crippen LogP contribution in [0.25, 0.3) is 0 Å². The van der Waals surface area contributed by atoms with Gasteiger partial charge in [-0.25, -0.2) is 4.79 Å². The van der Waals surface area contributed by atoms with Gasteiger partial charge in [-0.05, 0) is 33.6 Å². The summed E-state index contributed by atoms with van der Waals surface area (Å²) in [7, 11) is -1.28. The van der Waals surface area contributed by atoms with Crippen molar-refractivity contribution in [3.63, 3.8) is 0 Å². The molecule has 0 unspecified atom stereocenters. The third-order valence-corrected chi connectivity index (χ3v) is 10.0. The highest BCUT2D eigenvalue weighted by molar-refractivity contribution is 7.00. The Morgan fingerprint density at radius 2 is 1.34 bits per heavy atom. The summed E-state index contributed by atoms with van der Waals surface area (Å²) in [5.74, 6) is -0.0371. The number of carboxylic acids is 1. The highest BCUT2D eigenvalue weighted by Gasteiger charge is 2.52. The molecule has 0 aromatic heterocycles. The van der Waals surface area contributed by atoms with Gasteiger partial charge in [0.05, 0.1) is 12.7 Å². The molecule has 0 heterocycles. The summed E-state index contributed by atoms with van der Waals surface area (Å²) < 4.78 is 12.4. The lowest BCUT2D eigenvalue weighted by Crippen LogP contribution is -2.68. The van der Waals surface area contributed by atoms with Crippen molar-refractivity contribution < 1.29 is 19.1 Å². The van der Waals surface area contributed by atoms with Gasteiger partial charge in [-0.15, -0.1) is 0 Å². The number of methoxy groups -OCH3 is 1. The van der Waals surface area contributed by atoms with Crippen LogP contribution in [0.2, 0.25) is 5.04 Å². The molecule has 0 radical (unpaired) electrons. The Morgan fingerprint density at radius 1 is 0.828 bits per heavy atom. The molecule has 3 rings (SSSR count). The quantitative estimate of drug-likeness (QED) is 0.619. The fourth-order valence-electron chi connectivity index (χ4n) is 3.70. The molecule has 0 aliphatic heterocycles. The second-order valence-electron chi connectivity index (χ2n) is 7.94. The standard InChI is InChI=1S/C24H26O4Si/c1-24(2,3)29(19-11-7-5-8-12-19,20-13-9-6-10-14-20)28-21-16-15-18(23(25)26)17-22(21)27-4/h5-17H,1-4H3,(H,25,26). The highest BCUT2D eigenvalue weighted by Crippen LogP contribution is 2.40. The number of hydrogen-bond acceptors (Lipinski definition) is 3. The van der Waals surface area contributed by atoms with E-state index in [9.17, 15) is 9.90 Å². The summed E-state index contributed by atoms with van der Waals surface area (Å²) in [6.07, 6.45) is 0. The van der Waals surface area contributed by atoms with Gasteiger partial charge in [-0.3, -0.25) is 0 Å². The Bertz CT molecular complexity index is 939. The zero-order valence-electron chi connectivity index (χ0n) is 17.2. The summed E-state index contributed by atoms with van der Waals surface area (Å²) in [6.45, 7) is 6.58. The molecule has 5 heteroatoms. The minimum atomic E-state index is -2.81. The first-order valence-corrected chi connectivity index (χ1v) is 11.4. The maximum absolute atomic E-state index is 11.4. The molecular formula is C24H26O4Si. The topological polar surface area (TPSA) is 55.8 Å². The lowest BCUT2D eigenvalue weighted by Gasteiger charge is -2.43. The summed E-state index contributed by atoms with van der Waals surface area (Å²) in [4.78, 5) is 11.4. The van der Waals surface area contributed by atoms with Crippen LogP contribution in [0.5, 0.6) is 11.5 Å². The molecule has 1 N–H and O–H groups in total. The minimum Gasteiger partial charge on any atom is -0.531 e. The first kappa shape index (κ1) is 20.7. The van der Waals surface area contributed by atoms with E-state index >= 15 is 0 Å². The molecule has 0 spiro atoms. The van der Waals surface area contributed by atoms with Gasteiger partial charge in [0.25, 0.3) is 0 Å². The maximum Gasteiger partial charge on any atom is 0.335 e. The second kappa shape index (κ2) is 8.13. The molecule has 0 aliphatic rings. The first-order chi connectivity index (χ1) is 13.8. The van der Waals surface area contributed by atoms with Gasteiger partial charge in [0.1, 0.15) is 5.75 Å². The van der Waals surface area contributed by atoms with E-state index in [0.29, 0.717) is 11.5 Å². The van der Waals surface area contributed by atoms with Gasteiger partial charge in [0.2, 0.25) is 0 Å². The Labute approximate surface area is 172 Å². The molecule has 3 aromatic rings. The minimum absolute atomic E-state index is 0.164. The highest BCUT2D eigenvalue weighted by atomic mass is 28.4. The van der Waals surface area contributed by atoms with E-state index < -0.39 is 14.3 Å². The van der Waals surface area contributed by atoms with E-state index in [-0.39, 0.29) is 10.6 Å².